The molecule has 20 heavy (non-hydrogen) atoms. The lowest BCUT2D eigenvalue weighted by Gasteiger charge is -2.07. The Hall–Kier alpha value is -1.24. The summed E-state index contributed by atoms with van der Waals surface area (Å²) in [5.74, 6) is 0.0369. The van der Waals surface area contributed by atoms with Gasteiger partial charge in [-0.05, 0) is 33.6 Å². The second kappa shape index (κ2) is 6.47. The van der Waals surface area contributed by atoms with Gasteiger partial charge in [-0.2, -0.15) is 0 Å². The molecular weight excluding hydrogens is 351 g/mol. The van der Waals surface area contributed by atoms with Crippen molar-refractivity contribution < 1.29 is 9.13 Å². The summed E-state index contributed by atoms with van der Waals surface area (Å²) in [5.41, 5.74) is 0.895. The van der Waals surface area contributed by atoms with Gasteiger partial charge in [0.2, 0.25) is 0 Å². The first-order valence-electron chi connectivity index (χ1n) is 5.71. The van der Waals surface area contributed by atoms with E-state index in [4.69, 9.17) is 16.3 Å². The maximum atomic E-state index is 13.0. The zero-order chi connectivity index (χ0) is 14.7. The molecule has 7 heteroatoms. The van der Waals surface area contributed by atoms with E-state index >= 15 is 0 Å². The zero-order valence-corrected chi connectivity index (χ0v) is 12.9. The highest BCUT2D eigenvalue weighted by molar-refractivity contribution is 9.10. The monoisotopic (exact) mass is 360 g/mol. The smallest absolute Gasteiger partial charge is 0.265 e. The number of hydrogen-bond acceptors (Lipinski definition) is 3. The lowest BCUT2D eigenvalue weighted by atomic mass is 10.1. The van der Waals surface area contributed by atoms with Gasteiger partial charge >= 0.3 is 0 Å². The maximum Gasteiger partial charge on any atom is 0.265 e. The van der Waals surface area contributed by atoms with Crippen LogP contribution in [0.25, 0.3) is 0 Å². The Balaban J connectivity index is 2.36. The lowest BCUT2D eigenvalue weighted by Crippen LogP contribution is -2.16. The molecule has 0 aliphatic rings. The Labute approximate surface area is 128 Å². The lowest BCUT2D eigenvalue weighted by molar-refractivity contribution is 0.180. The Morgan fingerprint density at radius 3 is 2.90 bits per heavy atom. The van der Waals surface area contributed by atoms with Gasteiger partial charge < -0.3 is 9.72 Å². The van der Waals surface area contributed by atoms with Crippen molar-refractivity contribution in [1.29, 1.82) is 0 Å². The minimum absolute atomic E-state index is 0.217. The van der Waals surface area contributed by atoms with E-state index < -0.39 is 5.82 Å². The van der Waals surface area contributed by atoms with Crippen LogP contribution in [-0.4, -0.2) is 17.1 Å². The fourth-order valence-electron chi connectivity index (χ4n) is 1.72. The third-order valence-corrected chi connectivity index (χ3v) is 3.80. The van der Waals surface area contributed by atoms with Crippen LogP contribution in [0.5, 0.6) is 0 Å². The highest BCUT2D eigenvalue weighted by Gasteiger charge is 2.11. The summed E-state index contributed by atoms with van der Waals surface area (Å²) in [6.07, 6.45) is 0.304. The van der Waals surface area contributed by atoms with Crippen LogP contribution in [0.4, 0.5) is 4.39 Å². The molecule has 0 aliphatic carbocycles. The molecule has 0 unspecified atom stereocenters. The molecule has 0 spiro atoms. The highest BCUT2D eigenvalue weighted by atomic mass is 79.9. The predicted molar refractivity (Wildman–Crippen MR) is 77.5 cm³/mol. The molecule has 0 aliphatic heterocycles. The number of rotatable bonds is 4. The summed E-state index contributed by atoms with van der Waals surface area (Å²) in [6.45, 7) is 0.217. The van der Waals surface area contributed by atoms with E-state index in [1.165, 1.54) is 19.2 Å². The first-order valence-corrected chi connectivity index (χ1v) is 6.88. The summed E-state index contributed by atoms with van der Waals surface area (Å²) >= 11 is 9.12. The van der Waals surface area contributed by atoms with Crippen molar-refractivity contribution in [2.45, 2.75) is 13.0 Å². The topological polar surface area (TPSA) is 55.0 Å². The minimum atomic E-state index is -0.406. The first kappa shape index (κ1) is 15.2. The highest BCUT2D eigenvalue weighted by Crippen LogP contribution is 2.20. The van der Waals surface area contributed by atoms with E-state index in [-0.39, 0.29) is 12.2 Å². The number of aromatic nitrogens is 2. The van der Waals surface area contributed by atoms with Crippen LogP contribution in [0, 0.1) is 5.82 Å². The molecule has 0 amide bonds. The number of ether oxygens (including phenoxy) is 1. The van der Waals surface area contributed by atoms with Crippen LogP contribution in [0.15, 0.2) is 27.5 Å². The van der Waals surface area contributed by atoms with Crippen LogP contribution in [0.1, 0.15) is 17.1 Å². The Morgan fingerprint density at radius 1 is 1.50 bits per heavy atom. The van der Waals surface area contributed by atoms with Crippen molar-refractivity contribution >= 4 is 27.5 Å². The second-order valence-electron chi connectivity index (χ2n) is 4.12. The largest absolute Gasteiger partial charge is 0.378 e. The van der Waals surface area contributed by atoms with Gasteiger partial charge in [-0.1, -0.05) is 17.7 Å². The summed E-state index contributed by atoms with van der Waals surface area (Å²) in [6, 6.07) is 4.11. The summed E-state index contributed by atoms with van der Waals surface area (Å²) in [7, 11) is 1.52. The molecule has 1 aromatic carbocycles. The van der Waals surface area contributed by atoms with Gasteiger partial charge in [0.1, 0.15) is 16.1 Å². The van der Waals surface area contributed by atoms with Gasteiger partial charge in [0, 0.05) is 18.6 Å². The standard InChI is InChI=1S/C13H11BrClFN2O2/c1-20-6-10-12(14)13(19)18-11(17-10)4-7-2-3-8(16)5-9(7)15/h2-3,5H,4,6H2,1H3,(H,17,18,19). The van der Waals surface area contributed by atoms with Crippen LogP contribution in [-0.2, 0) is 17.8 Å². The number of benzene rings is 1. The van der Waals surface area contributed by atoms with Crippen LogP contribution < -0.4 is 5.56 Å². The molecule has 106 valence electrons. The summed E-state index contributed by atoms with van der Waals surface area (Å²) < 4.78 is 18.3. The van der Waals surface area contributed by atoms with Gasteiger partial charge in [0.05, 0.1) is 12.3 Å². The van der Waals surface area contributed by atoms with E-state index in [0.717, 1.165) is 0 Å². The number of halogens is 3. The Kier molecular flexibility index (Phi) is 4.91. The number of H-pyrrole nitrogens is 1. The van der Waals surface area contributed by atoms with E-state index in [9.17, 15) is 9.18 Å². The molecule has 0 atom stereocenters. The number of aromatic amines is 1. The molecular formula is C13H11BrClFN2O2. The molecule has 0 saturated carbocycles. The van der Waals surface area contributed by atoms with Crippen molar-refractivity contribution in [1.82, 2.24) is 9.97 Å². The normalized spacial score (nSPS) is 10.8. The predicted octanol–water partition coefficient (Wildman–Crippen LogP) is 3.06. The molecule has 0 bridgehead atoms. The molecule has 0 radical (unpaired) electrons. The third kappa shape index (κ3) is 3.45. The average molecular weight is 362 g/mol. The van der Waals surface area contributed by atoms with E-state index in [2.05, 4.69) is 25.9 Å². The van der Waals surface area contributed by atoms with E-state index in [1.54, 1.807) is 6.07 Å². The second-order valence-corrected chi connectivity index (χ2v) is 5.32. The Morgan fingerprint density at radius 2 is 2.25 bits per heavy atom. The summed E-state index contributed by atoms with van der Waals surface area (Å²) in [4.78, 5) is 18.7. The molecule has 0 fully saturated rings. The molecule has 2 rings (SSSR count). The molecule has 0 saturated heterocycles. The van der Waals surface area contributed by atoms with E-state index in [1.807, 2.05) is 0 Å². The van der Waals surface area contributed by atoms with Gasteiger partial charge in [0.15, 0.2) is 0 Å². The number of nitrogens with zero attached hydrogens (tertiary/aromatic N) is 1. The van der Waals surface area contributed by atoms with Crippen molar-refractivity contribution in [2.75, 3.05) is 7.11 Å². The van der Waals surface area contributed by atoms with E-state index in [0.29, 0.717) is 33.0 Å². The number of hydrogen-bond donors (Lipinski definition) is 1. The number of nitrogens with one attached hydrogen (secondary N) is 1. The molecule has 4 nitrogen and oxygen atoms in total. The van der Waals surface area contributed by atoms with Crippen LogP contribution >= 0.6 is 27.5 Å². The van der Waals surface area contributed by atoms with Crippen molar-refractivity contribution in [2.24, 2.45) is 0 Å². The zero-order valence-electron chi connectivity index (χ0n) is 10.5. The van der Waals surface area contributed by atoms with Gasteiger partial charge in [-0.25, -0.2) is 9.37 Å². The van der Waals surface area contributed by atoms with Gasteiger partial charge in [0.25, 0.3) is 5.56 Å². The van der Waals surface area contributed by atoms with Crippen LogP contribution in [0.3, 0.4) is 0 Å². The molecule has 1 heterocycles. The minimum Gasteiger partial charge on any atom is -0.378 e. The number of methoxy groups -OCH3 is 1. The van der Waals surface area contributed by atoms with Crippen molar-refractivity contribution in [3.63, 3.8) is 0 Å². The summed E-state index contributed by atoms with van der Waals surface area (Å²) in [5, 5.41) is 0.295. The molecule has 1 N–H and O–H groups in total. The van der Waals surface area contributed by atoms with Crippen molar-refractivity contribution in [3.8, 4) is 0 Å². The first-order chi connectivity index (χ1) is 9.51. The third-order valence-electron chi connectivity index (χ3n) is 2.63. The average Bonchev–Trinajstić information content (AvgIpc) is 2.39. The maximum absolute atomic E-state index is 13.0. The van der Waals surface area contributed by atoms with Gasteiger partial charge in [-0.15, -0.1) is 0 Å². The molecule has 1 aromatic heterocycles. The van der Waals surface area contributed by atoms with Crippen molar-refractivity contribution in [3.05, 3.63) is 60.9 Å². The molecule has 2 aromatic rings. The Bertz CT molecular complexity index is 691. The quantitative estimate of drug-likeness (QED) is 0.910. The van der Waals surface area contributed by atoms with Crippen LogP contribution in [0.2, 0.25) is 5.02 Å². The fourth-order valence-corrected chi connectivity index (χ4v) is 2.25. The SMILES string of the molecule is COCc1nc(Cc2ccc(F)cc2Cl)[nH]c(=O)c1Br. The van der Waals surface area contributed by atoms with Gasteiger partial charge in [-0.3, -0.25) is 4.79 Å². The fraction of sp³-hybridized carbons (Fsp3) is 0.231.